The third-order valence-electron chi connectivity index (χ3n) is 15.4. The molecule has 4 nitrogen and oxygen atoms in total. The molecule has 12 aromatic rings. The smallest absolute Gasteiger partial charge is 0.171 e. The van der Waals surface area contributed by atoms with Gasteiger partial charge in [-0.05, 0) is 117 Å². The maximum Gasteiger partial charge on any atom is 0.171 e. The number of rotatable bonds is 10. The molecule has 0 bridgehead atoms. The van der Waals surface area contributed by atoms with Crippen molar-refractivity contribution in [2.75, 3.05) is 4.90 Å². The van der Waals surface area contributed by atoms with Crippen LogP contribution in [0.15, 0.2) is 303 Å². The fourth-order valence-electron chi connectivity index (χ4n) is 11.8. The number of benzene rings is 12. The Labute approximate surface area is 455 Å². The standard InChI is InChI=1S/C73H50NO3P/c75-78(62-35-19-31-57(47-62)53-25-9-3-10-26-53,63-36-20-32-58(48-63)54-27-11-4-12-28-54)64-42-43-67-72(50-64)77-70-40-16-14-38-66(70)73(67)65-37-13-15-39-69(65)76-71-44-41-61(49-68(71)73)74(59-33-17-29-55(45-59)51-21-5-1-6-22-51)60-34-18-30-56(46-60)52-23-7-2-8-24-52/h1-50H. The molecule has 0 saturated carbocycles. The summed E-state index contributed by atoms with van der Waals surface area (Å²) < 4.78 is 31.2. The maximum absolute atomic E-state index is 17.0. The molecule has 78 heavy (non-hydrogen) atoms. The van der Waals surface area contributed by atoms with E-state index in [4.69, 9.17) is 9.47 Å². The van der Waals surface area contributed by atoms with Crippen molar-refractivity contribution in [2.24, 2.45) is 0 Å². The molecule has 0 aromatic heterocycles. The Morgan fingerprint density at radius 1 is 0.256 bits per heavy atom. The van der Waals surface area contributed by atoms with E-state index in [1.807, 2.05) is 72.8 Å². The molecular formula is C73H50NO3P. The Morgan fingerprint density at radius 2 is 0.615 bits per heavy atom. The van der Waals surface area contributed by atoms with Crippen LogP contribution in [0.4, 0.5) is 17.1 Å². The van der Waals surface area contributed by atoms with Crippen LogP contribution in [0.1, 0.15) is 22.3 Å². The maximum atomic E-state index is 17.0. The van der Waals surface area contributed by atoms with Crippen molar-refractivity contribution >= 4 is 40.1 Å². The largest absolute Gasteiger partial charge is 0.457 e. The Morgan fingerprint density at radius 3 is 1.10 bits per heavy atom. The van der Waals surface area contributed by atoms with Crippen molar-refractivity contribution in [2.45, 2.75) is 5.41 Å². The van der Waals surface area contributed by atoms with Gasteiger partial charge in [0.05, 0.1) is 5.41 Å². The Hall–Kier alpha value is -9.73. The number of hydrogen-bond donors (Lipinski definition) is 0. The van der Waals surface area contributed by atoms with Crippen molar-refractivity contribution in [3.8, 4) is 67.5 Å². The predicted molar refractivity (Wildman–Crippen MR) is 321 cm³/mol. The minimum absolute atomic E-state index is 0.626. The van der Waals surface area contributed by atoms with E-state index >= 15 is 4.57 Å². The lowest BCUT2D eigenvalue weighted by atomic mass is 9.62. The summed E-state index contributed by atoms with van der Waals surface area (Å²) in [6, 6.07) is 105. The number of hydrogen-bond acceptors (Lipinski definition) is 4. The highest BCUT2D eigenvalue weighted by molar-refractivity contribution is 7.85. The van der Waals surface area contributed by atoms with Gasteiger partial charge >= 0.3 is 0 Å². The lowest BCUT2D eigenvalue weighted by Crippen LogP contribution is -2.37. The van der Waals surface area contributed by atoms with Gasteiger partial charge in [0.1, 0.15) is 23.0 Å². The first kappa shape index (κ1) is 46.8. The molecule has 1 atom stereocenters. The molecule has 1 spiro atoms. The number of anilines is 3. The van der Waals surface area contributed by atoms with E-state index in [-0.39, 0.29) is 0 Å². The molecule has 2 aliphatic rings. The van der Waals surface area contributed by atoms with Crippen LogP contribution >= 0.6 is 7.14 Å². The molecule has 0 fully saturated rings. The third kappa shape index (κ3) is 7.96. The molecule has 1 unspecified atom stereocenters. The average molecular weight is 1020 g/mol. The number of nitrogens with zero attached hydrogens (tertiary/aromatic N) is 1. The van der Waals surface area contributed by atoms with Crippen LogP contribution in [-0.4, -0.2) is 0 Å². The van der Waals surface area contributed by atoms with Gasteiger partial charge in [-0.15, -0.1) is 0 Å². The van der Waals surface area contributed by atoms with Gasteiger partial charge in [-0.2, -0.15) is 0 Å². The Kier molecular flexibility index (Phi) is 11.7. The van der Waals surface area contributed by atoms with Gasteiger partial charge in [0, 0.05) is 55.2 Å². The van der Waals surface area contributed by atoms with E-state index in [0.717, 1.165) is 106 Å². The van der Waals surface area contributed by atoms with Gasteiger partial charge in [0.15, 0.2) is 7.14 Å². The molecule has 2 aliphatic heterocycles. The number of ether oxygens (including phenoxy) is 2. The van der Waals surface area contributed by atoms with Crippen LogP contribution in [0.2, 0.25) is 0 Å². The summed E-state index contributed by atoms with van der Waals surface area (Å²) in [7, 11) is -3.64. The van der Waals surface area contributed by atoms with E-state index in [1.165, 1.54) is 0 Å². The summed E-state index contributed by atoms with van der Waals surface area (Å²) in [6.45, 7) is 0. The van der Waals surface area contributed by atoms with Crippen molar-refractivity contribution in [3.63, 3.8) is 0 Å². The van der Waals surface area contributed by atoms with Crippen molar-refractivity contribution in [3.05, 3.63) is 326 Å². The Bertz CT molecular complexity index is 4070. The third-order valence-corrected chi connectivity index (χ3v) is 18.5. The summed E-state index contributed by atoms with van der Waals surface area (Å²) in [5, 5.41) is 2.14. The SMILES string of the molecule is O=P(c1cccc(-c2ccccc2)c1)(c1cccc(-c2ccccc2)c1)c1ccc2c(c1)Oc1ccccc1C21c2ccccc2Oc2ccc(N(c3cccc(-c4ccccc4)c3)c3cccc(-c4ccccc4)c3)cc21. The minimum Gasteiger partial charge on any atom is -0.457 e. The lowest BCUT2D eigenvalue weighted by Gasteiger charge is -2.45. The van der Waals surface area contributed by atoms with Gasteiger partial charge in [0.25, 0.3) is 0 Å². The second-order valence-corrected chi connectivity index (χ2v) is 22.7. The molecule has 0 aliphatic carbocycles. The molecule has 12 aromatic carbocycles. The zero-order valence-electron chi connectivity index (χ0n) is 42.5. The van der Waals surface area contributed by atoms with Crippen LogP contribution in [0.5, 0.6) is 23.0 Å². The lowest BCUT2D eigenvalue weighted by molar-refractivity contribution is 0.399. The highest BCUT2D eigenvalue weighted by atomic mass is 31.2. The van der Waals surface area contributed by atoms with E-state index < -0.39 is 12.6 Å². The van der Waals surface area contributed by atoms with Gasteiger partial charge in [-0.1, -0.05) is 231 Å². The average Bonchev–Trinajstić information content (AvgIpc) is 3.70. The first-order chi connectivity index (χ1) is 38.5. The van der Waals surface area contributed by atoms with Gasteiger partial charge in [-0.3, -0.25) is 0 Å². The zero-order valence-corrected chi connectivity index (χ0v) is 43.4. The monoisotopic (exact) mass is 1020 g/mol. The zero-order chi connectivity index (χ0) is 52.0. The normalized spacial score (nSPS) is 13.9. The summed E-state index contributed by atoms with van der Waals surface area (Å²) >= 11 is 0. The predicted octanol–water partition coefficient (Wildman–Crippen LogP) is 18.1. The highest BCUT2D eigenvalue weighted by Gasteiger charge is 2.51. The molecule has 5 heteroatoms. The molecule has 2 heterocycles. The summed E-state index contributed by atoms with van der Waals surface area (Å²) in [6.07, 6.45) is 0. The van der Waals surface area contributed by atoms with Crippen molar-refractivity contribution < 1.29 is 14.0 Å². The molecule has 14 rings (SSSR count). The van der Waals surface area contributed by atoms with Gasteiger partial charge < -0.3 is 18.9 Å². The first-order valence-electron chi connectivity index (χ1n) is 26.4. The molecule has 0 N–H and O–H groups in total. The number of para-hydroxylation sites is 2. The van der Waals surface area contributed by atoms with Crippen LogP contribution in [0.3, 0.4) is 0 Å². The van der Waals surface area contributed by atoms with E-state index in [2.05, 4.69) is 235 Å². The van der Waals surface area contributed by atoms with Gasteiger partial charge in [0.2, 0.25) is 0 Å². The fourth-order valence-corrected chi connectivity index (χ4v) is 14.5. The van der Waals surface area contributed by atoms with Crippen molar-refractivity contribution in [1.29, 1.82) is 0 Å². The van der Waals surface area contributed by atoms with Gasteiger partial charge in [-0.25, -0.2) is 0 Å². The molecule has 0 amide bonds. The molecular weight excluding hydrogens is 970 g/mol. The van der Waals surface area contributed by atoms with Crippen LogP contribution < -0.4 is 30.3 Å². The summed E-state index contributed by atoms with van der Waals surface area (Å²) in [5.41, 5.74) is 14.5. The fraction of sp³-hybridized carbons (Fsp3) is 0.0137. The van der Waals surface area contributed by atoms with Crippen LogP contribution in [-0.2, 0) is 9.98 Å². The van der Waals surface area contributed by atoms with E-state index in [9.17, 15) is 0 Å². The first-order valence-corrected chi connectivity index (χ1v) is 28.1. The van der Waals surface area contributed by atoms with Crippen molar-refractivity contribution in [1.82, 2.24) is 0 Å². The summed E-state index contributed by atoms with van der Waals surface area (Å²) in [4.78, 5) is 2.35. The van der Waals surface area contributed by atoms with E-state index in [1.54, 1.807) is 0 Å². The topological polar surface area (TPSA) is 38.8 Å². The molecule has 370 valence electrons. The number of fused-ring (bicyclic) bond motifs is 8. The van der Waals surface area contributed by atoms with Crippen LogP contribution in [0, 0.1) is 0 Å². The summed E-state index contributed by atoms with van der Waals surface area (Å²) in [5.74, 6) is 2.83. The highest BCUT2D eigenvalue weighted by Crippen LogP contribution is 2.62. The second-order valence-electron chi connectivity index (χ2n) is 19.9. The molecule has 0 radical (unpaired) electrons. The Balaban J connectivity index is 0.996. The second kappa shape index (κ2) is 19.4. The quantitative estimate of drug-likeness (QED) is 0.128. The molecule has 0 saturated heterocycles. The van der Waals surface area contributed by atoms with Crippen LogP contribution in [0.25, 0.3) is 44.5 Å². The minimum atomic E-state index is -3.64. The van der Waals surface area contributed by atoms with E-state index in [0.29, 0.717) is 16.8 Å².